The number of hydrogen-bond donors (Lipinski definition) is 1. The molecule has 0 fully saturated rings. The van der Waals surface area contributed by atoms with Crippen molar-refractivity contribution >= 4 is 17.4 Å². The van der Waals surface area contributed by atoms with Crippen LogP contribution in [0.1, 0.15) is 11.3 Å². The molecule has 4 nitrogen and oxygen atoms in total. The minimum absolute atomic E-state index is 0.670. The molecule has 5 heteroatoms. The molecule has 0 bridgehead atoms. The first-order chi connectivity index (χ1) is 8.17. The SMILES string of the molecule is COc1cc(N)cc(CSc2nc(C)co2)c1. The predicted octanol–water partition coefficient (Wildman–Crippen LogP) is 2.87. The number of oxazole rings is 1. The summed E-state index contributed by atoms with van der Waals surface area (Å²) in [6.45, 7) is 1.90. The van der Waals surface area contributed by atoms with Crippen molar-refractivity contribution in [1.82, 2.24) is 4.98 Å². The second-order valence-electron chi connectivity index (χ2n) is 3.66. The number of thioether (sulfide) groups is 1. The molecule has 0 unspecified atom stereocenters. The van der Waals surface area contributed by atoms with Gasteiger partial charge >= 0.3 is 0 Å². The number of anilines is 1. The van der Waals surface area contributed by atoms with Crippen molar-refractivity contribution in [3.63, 3.8) is 0 Å². The van der Waals surface area contributed by atoms with E-state index in [2.05, 4.69) is 4.98 Å². The average molecular weight is 250 g/mol. The van der Waals surface area contributed by atoms with Crippen LogP contribution in [0.5, 0.6) is 5.75 Å². The number of aryl methyl sites for hydroxylation is 1. The van der Waals surface area contributed by atoms with Gasteiger partial charge in [-0.3, -0.25) is 0 Å². The Hall–Kier alpha value is -1.62. The molecule has 0 saturated carbocycles. The highest BCUT2D eigenvalue weighted by atomic mass is 32.2. The van der Waals surface area contributed by atoms with E-state index in [0.29, 0.717) is 10.9 Å². The zero-order valence-corrected chi connectivity index (χ0v) is 10.6. The molecule has 0 spiro atoms. The van der Waals surface area contributed by atoms with E-state index < -0.39 is 0 Å². The van der Waals surface area contributed by atoms with Crippen LogP contribution < -0.4 is 10.5 Å². The van der Waals surface area contributed by atoms with Crippen LogP contribution in [0.2, 0.25) is 0 Å². The molecule has 1 heterocycles. The van der Waals surface area contributed by atoms with Crippen LogP contribution >= 0.6 is 11.8 Å². The molecule has 90 valence electrons. The van der Waals surface area contributed by atoms with Crippen molar-refractivity contribution < 1.29 is 9.15 Å². The fraction of sp³-hybridized carbons (Fsp3) is 0.250. The highest BCUT2D eigenvalue weighted by Crippen LogP contribution is 2.26. The number of hydrogen-bond acceptors (Lipinski definition) is 5. The van der Waals surface area contributed by atoms with Gasteiger partial charge in [0.15, 0.2) is 0 Å². The number of benzene rings is 1. The molecule has 2 N–H and O–H groups in total. The average Bonchev–Trinajstić information content (AvgIpc) is 2.72. The Balaban J connectivity index is 2.05. The van der Waals surface area contributed by atoms with Gasteiger partial charge in [0.1, 0.15) is 12.0 Å². The third kappa shape index (κ3) is 3.17. The van der Waals surface area contributed by atoms with Gasteiger partial charge in [0.25, 0.3) is 5.22 Å². The lowest BCUT2D eigenvalue weighted by Crippen LogP contribution is -1.91. The molecule has 0 aliphatic rings. The standard InChI is InChI=1S/C12H14N2O2S/c1-8-6-16-12(14-8)17-7-9-3-10(13)5-11(4-9)15-2/h3-6H,7,13H2,1-2H3. The van der Waals surface area contributed by atoms with E-state index in [-0.39, 0.29) is 0 Å². The van der Waals surface area contributed by atoms with Gasteiger partial charge in [-0.1, -0.05) is 11.8 Å². The lowest BCUT2D eigenvalue weighted by molar-refractivity contribution is 0.414. The van der Waals surface area contributed by atoms with Crippen molar-refractivity contribution in [1.29, 1.82) is 0 Å². The Kier molecular flexibility index (Phi) is 3.58. The van der Waals surface area contributed by atoms with Crippen LogP contribution in [0.3, 0.4) is 0 Å². The zero-order chi connectivity index (χ0) is 12.3. The van der Waals surface area contributed by atoms with Crippen molar-refractivity contribution in [2.75, 3.05) is 12.8 Å². The Morgan fingerprint density at radius 3 is 2.88 bits per heavy atom. The number of methoxy groups -OCH3 is 1. The van der Waals surface area contributed by atoms with Crippen LogP contribution in [-0.2, 0) is 5.75 Å². The second-order valence-corrected chi connectivity index (χ2v) is 4.58. The summed E-state index contributed by atoms with van der Waals surface area (Å²) in [4.78, 5) is 4.22. The van der Waals surface area contributed by atoms with Crippen molar-refractivity contribution in [3.05, 3.63) is 35.7 Å². The van der Waals surface area contributed by atoms with E-state index in [1.807, 2.05) is 19.1 Å². The van der Waals surface area contributed by atoms with E-state index in [1.54, 1.807) is 19.4 Å². The Labute approximate surface area is 104 Å². The third-order valence-corrected chi connectivity index (χ3v) is 3.10. The summed E-state index contributed by atoms with van der Waals surface area (Å²) in [5, 5.41) is 0.670. The zero-order valence-electron chi connectivity index (χ0n) is 9.77. The van der Waals surface area contributed by atoms with E-state index in [4.69, 9.17) is 14.9 Å². The Morgan fingerprint density at radius 2 is 2.24 bits per heavy atom. The maximum absolute atomic E-state index is 5.78. The molecule has 0 aliphatic carbocycles. The van der Waals surface area contributed by atoms with Gasteiger partial charge in [-0.05, 0) is 24.6 Å². The maximum Gasteiger partial charge on any atom is 0.256 e. The highest BCUT2D eigenvalue weighted by molar-refractivity contribution is 7.98. The van der Waals surface area contributed by atoms with Gasteiger partial charge in [0.05, 0.1) is 12.8 Å². The fourth-order valence-corrected chi connectivity index (χ4v) is 2.21. The number of ether oxygens (including phenoxy) is 1. The summed E-state index contributed by atoms with van der Waals surface area (Å²) in [7, 11) is 1.63. The van der Waals surface area contributed by atoms with Gasteiger partial charge < -0.3 is 14.9 Å². The third-order valence-electron chi connectivity index (χ3n) is 2.18. The van der Waals surface area contributed by atoms with Crippen LogP contribution in [0.4, 0.5) is 5.69 Å². The molecular formula is C12H14N2O2S. The summed E-state index contributed by atoms with van der Waals surface area (Å²) < 4.78 is 10.4. The lowest BCUT2D eigenvalue weighted by Gasteiger charge is -2.05. The quantitative estimate of drug-likeness (QED) is 0.667. The van der Waals surface area contributed by atoms with E-state index >= 15 is 0 Å². The van der Waals surface area contributed by atoms with Gasteiger partial charge in [0, 0.05) is 17.5 Å². The molecule has 17 heavy (non-hydrogen) atoms. The molecule has 0 radical (unpaired) electrons. The normalized spacial score (nSPS) is 10.5. The first-order valence-corrected chi connectivity index (χ1v) is 6.14. The van der Waals surface area contributed by atoms with Crippen LogP contribution in [-0.4, -0.2) is 12.1 Å². The fourth-order valence-electron chi connectivity index (χ4n) is 1.43. The summed E-state index contributed by atoms with van der Waals surface area (Å²) in [5.41, 5.74) is 8.45. The maximum atomic E-state index is 5.78. The molecular weight excluding hydrogens is 236 g/mol. The van der Waals surface area contributed by atoms with Gasteiger partial charge in [-0.25, -0.2) is 4.98 Å². The van der Waals surface area contributed by atoms with E-state index in [9.17, 15) is 0 Å². The minimum Gasteiger partial charge on any atom is -0.497 e. The molecule has 2 aromatic rings. The summed E-state index contributed by atoms with van der Waals surface area (Å²) >= 11 is 1.53. The molecule has 1 aromatic heterocycles. The Morgan fingerprint density at radius 1 is 1.41 bits per heavy atom. The van der Waals surface area contributed by atoms with Crippen molar-refractivity contribution in [2.24, 2.45) is 0 Å². The van der Waals surface area contributed by atoms with Crippen molar-refractivity contribution in [2.45, 2.75) is 17.9 Å². The molecule has 0 atom stereocenters. The molecule has 0 saturated heterocycles. The molecule has 0 aliphatic heterocycles. The first kappa shape index (κ1) is 11.9. The van der Waals surface area contributed by atoms with E-state index in [0.717, 1.165) is 22.8 Å². The summed E-state index contributed by atoms with van der Waals surface area (Å²) in [6.07, 6.45) is 1.64. The number of aromatic nitrogens is 1. The number of rotatable bonds is 4. The van der Waals surface area contributed by atoms with Crippen LogP contribution in [0.15, 0.2) is 34.1 Å². The smallest absolute Gasteiger partial charge is 0.256 e. The molecule has 2 rings (SSSR count). The minimum atomic E-state index is 0.670. The molecule has 0 amide bonds. The monoisotopic (exact) mass is 250 g/mol. The van der Waals surface area contributed by atoms with Gasteiger partial charge in [0.2, 0.25) is 0 Å². The van der Waals surface area contributed by atoms with Crippen molar-refractivity contribution in [3.8, 4) is 5.75 Å². The summed E-state index contributed by atoms with van der Waals surface area (Å²) in [6, 6.07) is 5.67. The summed E-state index contributed by atoms with van der Waals surface area (Å²) in [5.74, 6) is 1.52. The molecule has 1 aromatic carbocycles. The Bertz CT molecular complexity index is 511. The van der Waals surface area contributed by atoms with Gasteiger partial charge in [-0.2, -0.15) is 0 Å². The predicted molar refractivity (Wildman–Crippen MR) is 68.2 cm³/mol. The number of nitrogen functional groups attached to an aromatic ring is 1. The largest absolute Gasteiger partial charge is 0.497 e. The number of nitrogens with two attached hydrogens (primary N) is 1. The lowest BCUT2D eigenvalue weighted by atomic mass is 10.2. The van der Waals surface area contributed by atoms with Crippen LogP contribution in [0.25, 0.3) is 0 Å². The van der Waals surface area contributed by atoms with E-state index in [1.165, 1.54) is 11.8 Å². The second kappa shape index (κ2) is 5.14. The number of nitrogens with zero attached hydrogens (tertiary/aromatic N) is 1. The first-order valence-electron chi connectivity index (χ1n) is 5.16. The van der Waals surface area contributed by atoms with Crippen LogP contribution in [0, 0.1) is 6.92 Å². The topological polar surface area (TPSA) is 61.3 Å². The highest BCUT2D eigenvalue weighted by Gasteiger charge is 2.04. The van der Waals surface area contributed by atoms with Gasteiger partial charge in [-0.15, -0.1) is 0 Å².